The number of carboxylic acids is 1. The molecular weight excluding hydrogens is 182 g/mol. The van der Waals surface area contributed by atoms with Crippen molar-refractivity contribution in [3.05, 3.63) is 0 Å². The van der Waals surface area contributed by atoms with Crippen LogP contribution in [0.25, 0.3) is 0 Å². The van der Waals surface area contributed by atoms with Crippen LogP contribution in [-0.2, 0) is 9.63 Å². The number of rotatable bonds is 1. The number of hydrogen-bond acceptors (Lipinski definition) is 6. The number of carboxylic acid groups (broad SMARTS) is 1. The van der Waals surface area contributed by atoms with Gasteiger partial charge >= 0.3 is 5.97 Å². The summed E-state index contributed by atoms with van der Waals surface area (Å²) in [5, 5.41) is 36.0. The Morgan fingerprint density at radius 1 is 1.46 bits per heavy atom. The third kappa shape index (κ3) is 1.52. The average molecular weight is 193 g/mol. The Balaban J connectivity index is 2.85. The lowest BCUT2D eigenvalue weighted by atomic mass is 9.93. The molecule has 1 heterocycles. The van der Waals surface area contributed by atoms with Crippen molar-refractivity contribution in [2.45, 2.75) is 31.0 Å². The molecule has 4 atom stereocenters. The number of aliphatic hydroxyl groups excluding tert-OH is 3. The summed E-state index contributed by atoms with van der Waals surface area (Å²) in [6.07, 6.45) is -4.79. The maximum Gasteiger partial charge on any atom is 0.340 e. The van der Waals surface area contributed by atoms with Gasteiger partial charge in [0.05, 0.1) is 0 Å². The predicted molar refractivity (Wildman–Crippen MR) is 38.3 cm³/mol. The number of aliphatic hydroxyl groups is 3. The summed E-state index contributed by atoms with van der Waals surface area (Å²) in [7, 11) is 0. The Hall–Kier alpha value is -0.730. The normalized spacial score (nSPS) is 46.0. The van der Waals surface area contributed by atoms with E-state index in [-0.39, 0.29) is 0 Å². The molecule has 76 valence electrons. The minimum absolute atomic E-state index is 1.09. The van der Waals surface area contributed by atoms with Gasteiger partial charge in [-0.1, -0.05) is 0 Å². The Morgan fingerprint density at radius 2 is 2.00 bits per heavy atom. The first-order valence-corrected chi connectivity index (χ1v) is 3.60. The predicted octanol–water partition coefficient (Wildman–Crippen LogP) is -2.60. The van der Waals surface area contributed by atoms with E-state index in [2.05, 4.69) is 4.84 Å². The molecule has 1 rings (SSSR count). The zero-order chi connectivity index (χ0) is 10.2. The van der Waals surface area contributed by atoms with E-state index in [4.69, 9.17) is 15.3 Å². The number of nitrogens with one attached hydrogen (secondary N) is 1. The zero-order valence-corrected chi connectivity index (χ0v) is 6.84. The average Bonchev–Trinajstić information content (AvgIpc) is 2.08. The van der Waals surface area contributed by atoms with Crippen molar-refractivity contribution >= 4 is 5.97 Å². The first kappa shape index (κ1) is 10.4. The van der Waals surface area contributed by atoms with Gasteiger partial charge in [-0.15, -0.1) is 0 Å². The van der Waals surface area contributed by atoms with Crippen molar-refractivity contribution in [1.29, 1.82) is 0 Å². The fraction of sp³-hybridized carbons (Fsp3) is 0.833. The summed E-state index contributed by atoms with van der Waals surface area (Å²) >= 11 is 0. The number of aliphatic carboxylic acids is 1. The van der Waals surface area contributed by atoms with E-state index in [0.717, 1.165) is 6.92 Å². The smallest absolute Gasteiger partial charge is 0.340 e. The maximum absolute atomic E-state index is 10.6. The van der Waals surface area contributed by atoms with Gasteiger partial charge in [0.1, 0.15) is 12.2 Å². The van der Waals surface area contributed by atoms with Crippen LogP contribution < -0.4 is 5.48 Å². The number of carbonyl (C=O) groups is 1. The van der Waals surface area contributed by atoms with Crippen molar-refractivity contribution < 1.29 is 30.1 Å². The van der Waals surface area contributed by atoms with Crippen molar-refractivity contribution in [2.75, 3.05) is 0 Å². The van der Waals surface area contributed by atoms with Crippen molar-refractivity contribution in [3.63, 3.8) is 0 Å². The summed E-state index contributed by atoms with van der Waals surface area (Å²) in [5.74, 6) is -1.43. The molecule has 0 aromatic heterocycles. The van der Waals surface area contributed by atoms with Gasteiger partial charge in [0.25, 0.3) is 0 Å². The lowest BCUT2D eigenvalue weighted by molar-refractivity contribution is -0.274. The van der Waals surface area contributed by atoms with Gasteiger partial charge in [0, 0.05) is 0 Å². The number of hydroxylamine groups is 1. The van der Waals surface area contributed by atoms with E-state index in [1.165, 1.54) is 0 Å². The van der Waals surface area contributed by atoms with Gasteiger partial charge < -0.3 is 20.4 Å². The molecule has 0 aliphatic carbocycles. The first-order valence-electron chi connectivity index (χ1n) is 3.60. The molecule has 7 nitrogen and oxygen atoms in total. The SMILES string of the molecule is C[C@@]1(C(=O)O)ON[C@H](O)[C@H](O)[C@H]1O. The molecule has 0 unspecified atom stereocenters. The van der Waals surface area contributed by atoms with Crippen LogP contribution >= 0.6 is 0 Å². The standard InChI is InChI=1S/C6H11NO6/c1-6(5(11)12)3(9)2(8)4(10)7-13-6/h2-4,7-10H,1H3,(H,11,12)/t2-,3-,4-,6-/m1/s1. The third-order valence-corrected chi connectivity index (χ3v) is 2.03. The molecule has 7 heteroatoms. The molecule has 0 aromatic carbocycles. The van der Waals surface area contributed by atoms with Gasteiger partial charge in [-0.3, -0.25) is 4.84 Å². The Morgan fingerprint density at radius 3 is 2.46 bits per heavy atom. The Kier molecular flexibility index (Phi) is 2.55. The molecule has 1 fully saturated rings. The first-order chi connectivity index (χ1) is 5.89. The van der Waals surface area contributed by atoms with Gasteiger partial charge in [0.15, 0.2) is 6.23 Å². The van der Waals surface area contributed by atoms with E-state index < -0.39 is 30.0 Å². The lowest BCUT2D eigenvalue weighted by Crippen LogP contribution is -2.66. The minimum Gasteiger partial charge on any atom is -0.479 e. The van der Waals surface area contributed by atoms with E-state index in [0.29, 0.717) is 0 Å². The molecule has 0 amide bonds. The molecule has 0 radical (unpaired) electrons. The molecule has 0 spiro atoms. The molecule has 1 aliphatic heterocycles. The highest BCUT2D eigenvalue weighted by atomic mass is 16.7. The van der Waals surface area contributed by atoms with Crippen molar-refractivity contribution in [3.8, 4) is 0 Å². The van der Waals surface area contributed by atoms with Crippen LogP contribution in [0.1, 0.15) is 6.92 Å². The highest BCUT2D eigenvalue weighted by Gasteiger charge is 2.52. The van der Waals surface area contributed by atoms with Crippen LogP contribution in [0.2, 0.25) is 0 Å². The molecule has 5 N–H and O–H groups in total. The molecule has 0 bridgehead atoms. The van der Waals surface area contributed by atoms with Gasteiger partial charge in [0.2, 0.25) is 5.60 Å². The van der Waals surface area contributed by atoms with Gasteiger partial charge in [-0.25, -0.2) is 4.79 Å². The van der Waals surface area contributed by atoms with Crippen molar-refractivity contribution in [1.82, 2.24) is 5.48 Å². The maximum atomic E-state index is 10.6. The van der Waals surface area contributed by atoms with E-state index in [1.54, 1.807) is 0 Å². The lowest BCUT2D eigenvalue weighted by Gasteiger charge is -2.39. The molecule has 1 aliphatic rings. The molecule has 0 saturated carbocycles. The van der Waals surface area contributed by atoms with Crippen molar-refractivity contribution in [2.24, 2.45) is 0 Å². The minimum atomic E-state index is -1.96. The fourth-order valence-electron chi connectivity index (χ4n) is 0.982. The fourth-order valence-corrected chi connectivity index (χ4v) is 0.982. The zero-order valence-electron chi connectivity index (χ0n) is 6.84. The Bertz CT molecular complexity index is 221. The second-order valence-corrected chi connectivity index (χ2v) is 3.01. The highest BCUT2D eigenvalue weighted by Crippen LogP contribution is 2.23. The molecule has 13 heavy (non-hydrogen) atoms. The molecule has 0 aromatic rings. The van der Waals surface area contributed by atoms with Gasteiger partial charge in [-0.05, 0) is 6.92 Å². The molecular formula is C6H11NO6. The Labute approximate surface area is 73.5 Å². The topological polar surface area (TPSA) is 119 Å². The highest BCUT2D eigenvalue weighted by molar-refractivity contribution is 5.78. The summed E-state index contributed by atoms with van der Waals surface area (Å²) in [6.45, 7) is 1.09. The molecule has 1 saturated heterocycles. The van der Waals surface area contributed by atoms with Crippen LogP contribution in [-0.4, -0.2) is 50.4 Å². The second kappa shape index (κ2) is 3.20. The number of hydrogen-bond donors (Lipinski definition) is 5. The third-order valence-electron chi connectivity index (χ3n) is 2.03. The van der Waals surface area contributed by atoms with E-state index >= 15 is 0 Å². The van der Waals surface area contributed by atoms with Crippen LogP contribution in [0.4, 0.5) is 0 Å². The monoisotopic (exact) mass is 193 g/mol. The van der Waals surface area contributed by atoms with Gasteiger partial charge in [-0.2, -0.15) is 5.48 Å². The van der Waals surface area contributed by atoms with Crippen LogP contribution in [0.5, 0.6) is 0 Å². The van der Waals surface area contributed by atoms with Crippen LogP contribution in [0.15, 0.2) is 0 Å². The summed E-state index contributed by atoms with van der Waals surface area (Å²) in [4.78, 5) is 15.1. The van der Waals surface area contributed by atoms with Crippen LogP contribution in [0, 0.1) is 0 Å². The van der Waals surface area contributed by atoms with Crippen LogP contribution in [0.3, 0.4) is 0 Å². The largest absolute Gasteiger partial charge is 0.479 e. The quantitative estimate of drug-likeness (QED) is 0.310. The van der Waals surface area contributed by atoms with E-state index in [9.17, 15) is 9.90 Å². The van der Waals surface area contributed by atoms with E-state index in [1.807, 2.05) is 5.48 Å². The second-order valence-electron chi connectivity index (χ2n) is 3.01. The summed E-state index contributed by atoms with van der Waals surface area (Å²) < 4.78 is 0. The summed E-state index contributed by atoms with van der Waals surface area (Å²) in [6, 6.07) is 0. The summed E-state index contributed by atoms with van der Waals surface area (Å²) in [5.41, 5.74) is -0.0609.